The third-order valence-electron chi connectivity index (χ3n) is 11.9. The standard InChI is InChI=1S/2C17H21N9O.C15H16N8O.C8H18N2O2/c2*1-10-3-4-12(7-13(10)26-22-5-6-23-26)24-17-15(16(19)27)21-9-14(25-17)20-8-11(2)18;1-9-3-4-10(7-11(9)23-19-5-6-20-23)21-15-13(14(16)24)18-8-12(17-2)22-15;1-6(5-9)10-7(11)12-8(2,3)4/h2*3-7,9,11H,8,18H2,1-2H3,(H2,19,27)(H2,20,24,25);3-8H,1-2H3,(H2,16,24)(H2,17,21,22);6H,5,9H2,1-4H3,(H,10,11)/t2*11-;;6-/m00.0/s1. The van der Waals surface area contributed by atoms with Crippen molar-refractivity contribution in [3.63, 3.8) is 0 Å². The van der Waals surface area contributed by atoms with Crippen LogP contribution in [0.2, 0.25) is 0 Å². The Morgan fingerprint density at radius 1 is 0.522 bits per heavy atom. The zero-order valence-electron chi connectivity index (χ0n) is 51.5. The normalized spacial score (nSPS) is 11.7. The van der Waals surface area contributed by atoms with Crippen molar-refractivity contribution in [2.24, 2.45) is 34.4 Å². The van der Waals surface area contributed by atoms with Crippen molar-refractivity contribution in [3.8, 4) is 17.1 Å². The second-order valence-corrected chi connectivity index (χ2v) is 21.0. The summed E-state index contributed by atoms with van der Waals surface area (Å²) in [5, 5.41) is 45.7. The number of anilines is 9. The van der Waals surface area contributed by atoms with E-state index in [9.17, 15) is 19.2 Å². The molecule has 0 bridgehead atoms. The van der Waals surface area contributed by atoms with Crippen LogP contribution in [0.25, 0.3) is 17.1 Å². The van der Waals surface area contributed by atoms with Crippen LogP contribution in [0, 0.1) is 20.8 Å². The molecule has 0 aliphatic heterocycles. The molecule has 6 heterocycles. The first kappa shape index (κ1) is 67.8. The minimum absolute atomic E-state index is 0.0418. The lowest BCUT2D eigenvalue weighted by Gasteiger charge is -2.21. The van der Waals surface area contributed by atoms with Crippen LogP contribution >= 0.6 is 0 Å². The smallest absolute Gasteiger partial charge is 0.407 e. The highest BCUT2D eigenvalue weighted by atomic mass is 16.6. The number of nitrogens with zero attached hydrogens (tertiary/aromatic N) is 15. The number of carbonyl (C=O) groups is 4. The molecule has 9 rings (SSSR count). The molecule has 0 spiro atoms. The summed E-state index contributed by atoms with van der Waals surface area (Å²) in [5.41, 5.74) is 40.2. The van der Waals surface area contributed by atoms with Gasteiger partial charge in [-0.05, 0) is 115 Å². The number of aryl methyl sites for hydroxylation is 3. The van der Waals surface area contributed by atoms with Crippen LogP contribution in [0.4, 0.5) is 56.8 Å². The van der Waals surface area contributed by atoms with Gasteiger partial charge >= 0.3 is 6.09 Å². The quantitative estimate of drug-likeness (QED) is 0.0482. The summed E-state index contributed by atoms with van der Waals surface area (Å²) in [6.07, 6.45) is 13.5. The number of alkyl carbamates (subject to hydrolysis) is 1. The molecule has 6 aromatic heterocycles. The molecule has 33 nitrogen and oxygen atoms in total. The van der Waals surface area contributed by atoms with Crippen molar-refractivity contribution >= 4 is 75.8 Å². The van der Waals surface area contributed by atoms with E-state index in [4.69, 9.17) is 39.1 Å². The maximum Gasteiger partial charge on any atom is 0.407 e. The van der Waals surface area contributed by atoms with Crippen LogP contribution in [-0.4, -0.2) is 149 Å². The van der Waals surface area contributed by atoms with Crippen LogP contribution in [0.15, 0.2) is 110 Å². The Labute approximate surface area is 518 Å². The number of primary amides is 3. The highest BCUT2D eigenvalue weighted by Crippen LogP contribution is 2.27. The predicted octanol–water partition coefficient (Wildman–Crippen LogP) is 4.04. The van der Waals surface area contributed by atoms with E-state index < -0.39 is 29.4 Å². The van der Waals surface area contributed by atoms with Gasteiger partial charge in [-0.15, -0.1) is 0 Å². The molecule has 90 heavy (non-hydrogen) atoms. The molecule has 3 atom stereocenters. The molecule has 0 radical (unpaired) electrons. The van der Waals surface area contributed by atoms with Gasteiger partial charge in [0.05, 0.1) is 72.8 Å². The molecule has 0 saturated carbocycles. The first-order valence-electron chi connectivity index (χ1n) is 27.9. The summed E-state index contributed by atoms with van der Waals surface area (Å²) in [6, 6.07) is 16.7. The fraction of sp³-hybridized carbons (Fsp3) is 0.298. The van der Waals surface area contributed by atoms with Gasteiger partial charge in [-0.1, -0.05) is 18.2 Å². The number of benzene rings is 3. The lowest BCUT2D eigenvalue weighted by atomic mass is 10.2. The first-order valence-corrected chi connectivity index (χ1v) is 27.9. The number of hydrogen-bond donors (Lipinski definition) is 13. The Hall–Kier alpha value is -11.3. The Morgan fingerprint density at radius 3 is 1.11 bits per heavy atom. The maximum atomic E-state index is 11.7. The van der Waals surface area contributed by atoms with Crippen LogP contribution < -0.4 is 71.6 Å². The number of carbonyl (C=O) groups excluding carboxylic acids is 4. The zero-order chi connectivity index (χ0) is 65.7. The lowest BCUT2D eigenvalue weighted by Crippen LogP contribution is -2.41. The van der Waals surface area contributed by atoms with Crippen molar-refractivity contribution in [2.45, 2.75) is 86.0 Å². The minimum atomic E-state index is -0.676. The van der Waals surface area contributed by atoms with Gasteiger partial charge in [0.1, 0.15) is 23.1 Å². The van der Waals surface area contributed by atoms with E-state index in [2.05, 4.69) is 97.7 Å². The molecule has 0 unspecified atom stereocenters. The first-order chi connectivity index (χ1) is 42.8. The average Bonchev–Trinajstić information content (AvgIpc) is 2.93. The van der Waals surface area contributed by atoms with E-state index in [0.717, 1.165) is 33.8 Å². The van der Waals surface area contributed by atoms with Gasteiger partial charge < -0.3 is 76.4 Å². The van der Waals surface area contributed by atoms with Crippen LogP contribution in [-0.2, 0) is 4.74 Å². The SMILES string of the molecule is CNc1cnc(C(N)=O)c(Nc2ccc(C)c(-n3nccn3)c2)n1.C[C@@H](CN)NC(=O)OC(C)(C)C.Cc1ccc(Nc2nc(NC[C@H](C)N)cnc2C(N)=O)cc1-n1nccn1.Cc1ccc(Nc2nc(NC[C@H](C)N)cnc2C(N)=O)cc1-n1nccn1. The van der Waals surface area contributed by atoms with Gasteiger partial charge in [0.25, 0.3) is 17.7 Å². The molecular formula is C57H76N28O5. The van der Waals surface area contributed by atoms with Gasteiger partial charge in [0.15, 0.2) is 34.5 Å². The van der Waals surface area contributed by atoms with Crippen molar-refractivity contribution in [1.82, 2.24) is 80.2 Å². The Bertz CT molecular complexity index is 3660. The molecular weight excluding hydrogens is 1160 g/mol. The highest BCUT2D eigenvalue weighted by Gasteiger charge is 2.20. The van der Waals surface area contributed by atoms with E-state index in [1.165, 1.54) is 33.0 Å². The van der Waals surface area contributed by atoms with Gasteiger partial charge in [-0.2, -0.15) is 45.0 Å². The number of nitrogens with two attached hydrogens (primary N) is 6. The molecule has 9 aromatic rings. The Kier molecular flexibility index (Phi) is 24.0. The summed E-state index contributed by atoms with van der Waals surface area (Å²) >= 11 is 0. The molecule has 33 heteroatoms. The molecule has 474 valence electrons. The molecule has 0 saturated heterocycles. The van der Waals surface area contributed by atoms with Crippen molar-refractivity contribution in [3.05, 3.63) is 144 Å². The number of ether oxygens (including phenoxy) is 1. The molecule has 19 N–H and O–H groups in total. The molecule has 0 aliphatic rings. The Morgan fingerprint density at radius 2 is 0.833 bits per heavy atom. The van der Waals surface area contributed by atoms with Crippen molar-refractivity contribution in [2.75, 3.05) is 58.6 Å². The topological polar surface area (TPSA) is 487 Å². The van der Waals surface area contributed by atoms with Gasteiger partial charge in [0, 0.05) is 61.9 Å². The third-order valence-corrected chi connectivity index (χ3v) is 11.9. The zero-order valence-corrected chi connectivity index (χ0v) is 51.5. The van der Waals surface area contributed by atoms with Gasteiger partial charge in [-0.3, -0.25) is 14.4 Å². The number of aromatic nitrogens is 15. The summed E-state index contributed by atoms with van der Waals surface area (Å²) in [4.78, 5) is 75.9. The van der Waals surface area contributed by atoms with Gasteiger partial charge in [0.2, 0.25) is 0 Å². The second kappa shape index (κ2) is 31.9. The summed E-state index contributed by atoms with van der Waals surface area (Å²) in [5.74, 6) is 0.257. The van der Waals surface area contributed by atoms with Crippen molar-refractivity contribution in [1.29, 1.82) is 0 Å². The molecule has 0 fully saturated rings. The summed E-state index contributed by atoms with van der Waals surface area (Å²) in [6.45, 7) is 18.3. The fourth-order valence-electron chi connectivity index (χ4n) is 7.50. The Balaban J connectivity index is 0.000000198. The second-order valence-electron chi connectivity index (χ2n) is 21.0. The molecule has 4 amide bonds. The number of amides is 4. The number of nitrogens with one attached hydrogen (secondary N) is 7. The van der Waals surface area contributed by atoms with Gasteiger partial charge in [-0.25, -0.2) is 34.7 Å². The minimum Gasteiger partial charge on any atom is -0.444 e. The number of hydrogen-bond acceptors (Lipinski definition) is 26. The molecule has 3 aromatic carbocycles. The van der Waals surface area contributed by atoms with E-state index >= 15 is 0 Å². The number of rotatable bonds is 21. The van der Waals surface area contributed by atoms with Crippen LogP contribution in [0.1, 0.15) is 89.7 Å². The largest absolute Gasteiger partial charge is 0.444 e. The van der Waals surface area contributed by atoms with E-state index in [-0.39, 0.29) is 52.7 Å². The monoisotopic (exact) mass is 1230 g/mol. The van der Waals surface area contributed by atoms with Crippen LogP contribution in [0.3, 0.4) is 0 Å². The summed E-state index contributed by atoms with van der Waals surface area (Å²) < 4.78 is 5.00. The van der Waals surface area contributed by atoms with E-state index in [1.54, 1.807) is 44.2 Å². The average molecular weight is 1230 g/mol. The predicted molar refractivity (Wildman–Crippen MR) is 341 cm³/mol. The third kappa shape index (κ3) is 20.4. The van der Waals surface area contributed by atoms with E-state index in [0.29, 0.717) is 54.2 Å². The highest BCUT2D eigenvalue weighted by molar-refractivity contribution is 5.98. The maximum absolute atomic E-state index is 11.7. The van der Waals surface area contributed by atoms with E-state index in [1.807, 2.05) is 117 Å². The van der Waals surface area contributed by atoms with Crippen molar-refractivity contribution < 1.29 is 23.9 Å². The van der Waals surface area contributed by atoms with Crippen LogP contribution in [0.5, 0.6) is 0 Å². The molecule has 0 aliphatic carbocycles. The lowest BCUT2D eigenvalue weighted by molar-refractivity contribution is 0.0509. The summed E-state index contributed by atoms with van der Waals surface area (Å²) in [7, 11) is 1.71. The fourth-order valence-corrected chi connectivity index (χ4v) is 7.50.